The number of carbonyl (C=O) groups excluding carboxylic acids is 1. The lowest BCUT2D eigenvalue weighted by Gasteiger charge is -2.13. The lowest BCUT2D eigenvalue weighted by atomic mass is 10.1. The molecule has 0 aliphatic heterocycles. The molecule has 1 aromatic heterocycles. The molecule has 0 saturated carbocycles. The number of aliphatic imine (C=N–C) groups is 1. The van der Waals surface area contributed by atoms with Crippen molar-refractivity contribution in [2.45, 2.75) is 20.3 Å². The average molecular weight is 259 g/mol. The standard InChI is InChI=1S/C15H21N3O/c1-5-13(14-8-6-7-9-16-14)17-15(10-18(3)4)12(2)11-19/h6-9,11H,5,10H2,1-4H3/b15-12+,17-13?. The van der Waals surface area contributed by atoms with Crippen LogP contribution in [0.1, 0.15) is 26.0 Å². The Morgan fingerprint density at radius 2 is 2.16 bits per heavy atom. The molecule has 0 aliphatic carbocycles. The first-order valence-corrected chi connectivity index (χ1v) is 6.37. The fourth-order valence-corrected chi connectivity index (χ4v) is 1.63. The Hall–Kier alpha value is -1.81. The molecule has 0 fully saturated rings. The van der Waals surface area contributed by atoms with Gasteiger partial charge in [-0.15, -0.1) is 0 Å². The molecule has 1 heterocycles. The molecule has 0 radical (unpaired) electrons. The zero-order valence-electron chi connectivity index (χ0n) is 12.1. The van der Waals surface area contributed by atoms with Crippen molar-refractivity contribution in [3.63, 3.8) is 0 Å². The van der Waals surface area contributed by atoms with E-state index in [4.69, 9.17) is 0 Å². The minimum absolute atomic E-state index is 0.640. The number of aldehydes is 1. The quantitative estimate of drug-likeness (QED) is 0.447. The van der Waals surface area contributed by atoms with Crippen molar-refractivity contribution in [1.82, 2.24) is 9.88 Å². The summed E-state index contributed by atoms with van der Waals surface area (Å²) in [6, 6.07) is 5.76. The number of allylic oxidation sites excluding steroid dienone is 1. The summed E-state index contributed by atoms with van der Waals surface area (Å²) in [6.07, 6.45) is 3.39. The van der Waals surface area contributed by atoms with Gasteiger partial charge in [-0.3, -0.25) is 14.8 Å². The highest BCUT2D eigenvalue weighted by Crippen LogP contribution is 2.10. The SMILES string of the molecule is CCC(=N/C(CN(C)C)=C(\C)C=O)c1ccccn1. The summed E-state index contributed by atoms with van der Waals surface area (Å²) in [7, 11) is 3.92. The Balaban J connectivity index is 3.16. The molecule has 0 amide bonds. The Morgan fingerprint density at radius 1 is 1.42 bits per heavy atom. The minimum atomic E-state index is 0.640. The molecule has 0 aliphatic rings. The monoisotopic (exact) mass is 259 g/mol. The van der Waals surface area contributed by atoms with Gasteiger partial charge in [0, 0.05) is 18.3 Å². The maximum Gasteiger partial charge on any atom is 0.147 e. The van der Waals surface area contributed by atoms with Crippen LogP contribution in [-0.4, -0.2) is 42.5 Å². The number of nitrogens with zero attached hydrogens (tertiary/aromatic N) is 3. The Bertz CT molecular complexity index is 475. The zero-order valence-corrected chi connectivity index (χ0v) is 12.1. The molecule has 1 aromatic rings. The van der Waals surface area contributed by atoms with Crippen LogP contribution in [0, 0.1) is 0 Å². The smallest absolute Gasteiger partial charge is 0.147 e. The normalized spacial score (nSPS) is 13.4. The largest absolute Gasteiger partial charge is 0.304 e. The maximum absolute atomic E-state index is 11.0. The molecular weight excluding hydrogens is 238 g/mol. The van der Waals surface area contributed by atoms with Crippen molar-refractivity contribution in [3.8, 4) is 0 Å². The van der Waals surface area contributed by atoms with Crippen molar-refractivity contribution in [2.75, 3.05) is 20.6 Å². The third-order valence-electron chi connectivity index (χ3n) is 2.66. The van der Waals surface area contributed by atoms with E-state index in [2.05, 4.69) is 9.98 Å². The molecule has 0 aromatic carbocycles. The van der Waals surface area contributed by atoms with Gasteiger partial charge in [-0.25, -0.2) is 0 Å². The van der Waals surface area contributed by atoms with Gasteiger partial charge in [-0.1, -0.05) is 13.0 Å². The van der Waals surface area contributed by atoms with E-state index in [1.165, 1.54) is 0 Å². The predicted octanol–water partition coefficient (Wildman–Crippen LogP) is 2.32. The molecule has 0 atom stereocenters. The highest BCUT2D eigenvalue weighted by atomic mass is 16.1. The summed E-state index contributed by atoms with van der Waals surface area (Å²) < 4.78 is 0. The average Bonchev–Trinajstić information content (AvgIpc) is 2.43. The number of hydrogen-bond acceptors (Lipinski definition) is 4. The van der Waals surface area contributed by atoms with Gasteiger partial charge < -0.3 is 4.90 Å². The van der Waals surface area contributed by atoms with Crippen molar-refractivity contribution in [3.05, 3.63) is 41.4 Å². The number of rotatable bonds is 6. The highest BCUT2D eigenvalue weighted by Gasteiger charge is 2.07. The summed E-state index contributed by atoms with van der Waals surface area (Å²) in [6.45, 7) is 4.47. The van der Waals surface area contributed by atoms with E-state index >= 15 is 0 Å². The number of carbonyl (C=O) groups is 1. The van der Waals surface area contributed by atoms with Crippen LogP contribution >= 0.6 is 0 Å². The molecule has 4 heteroatoms. The third-order valence-corrected chi connectivity index (χ3v) is 2.66. The van der Waals surface area contributed by atoms with Crippen molar-refractivity contribution in [2.24, 2.45) is 4.99 Å². The second kappa shape index (κ2) is 7.59. The Morgan fingerprint density at radius 3 is 2.63 bits per heavy atom. The molecule has 0 saturated heterocycles. The highest BCUT2D eigenvalue weighted by molar-refractivity contribution is 5.99. The van der Waals surface area contributed by atoms with Gasteiger partial charge in [0.15, 0.2) is 0 Å². The summed E-state index contributed by atoms with van der Waals surface area (Å²) in [5, 5.41) is 0. The van der Waals surface area contributed by atoms with Crippen LogP contribution < -0.4 is 0 Å². The Kier molecular flexibility index (Phi) is 6.09. The summed E-state index contributed by atoms with van der Waals surface area (Å²) in [4.78, 5) is 21.9. The fraction of sp³-hybridized carbons (Fsp3) is 0.400. The molecule has 1 rings (SSSR count). The summed E-state index contributed by atoms with van der Waals surface area (Å²) in [5.41, 5.74) is 3.22. The maximum atomic E-state index is 11.0. The van der Waals surface area contributed by atoms with Crippen LogP contribution in [0.2, 0.25) is 0 Å². The molecule has 0 spiro atoms. The predicted molar refractivity (Wildman–Crippen MR) is 78.4 cm³/mol. The lowest BCUT2D eigenvalue weighted by molar-refractivity contribution is -0.104. The van der Waals surface area contributed by atoms with Crippen LogP contribution in [-0.2, 0) is 4.79 Å². The minimum Gasteiger partial charge on any atom is -0.304 e. The van der Waals surface area contributed by atoms with E-state index in [1.807, 2.05) is 44.1 Å². The first-order chi connectivity index (χ1) is 9.08. The van der Waals surface area contributed by atoms with Crippen molar-refractivity contribution >= 4 is 12.0 Å². The first kappa shape index (κ1) is 15.2. The number of hydrogen-bond donors (Lipinski definition) is 0. The first-order valence-electron chi connectivity index (χ1n) is 6.37. The zero-order chi connectivity index (χ0) is 14.3. The summed E-state index contributed by atoms with van der Waals surface area (Å²) >= 11 is 0. The van der Waals surface area contributed by atoms with E-state index in [1.54, 1.807) is 13.1 Å². The number of likely N-dealkylation sites (N-methyl/N-ethyl adjacent to an activating group) is 1. The van der Waals surface area contributed by atoms with E-state index in [0.29, 0.717) is 12.1 Å². The van der Waals surface area contributed by atoms with Crippen LogP contribution in [0.25, 0.3) is 0 Å². The van der Waals surface area contributed by atoms with Crippen molar-refractivity contribution < 1.29 is 4.79 Å². The number of pyridine rings is 1. The van der Waals surface area contributed by atoms with Gasteiger partial charge in [-0.2, -0.15) is 0 Å². The molecule has 0 N–H and O–H groups in total. The molecule has 0 bridgehead atoms. The number of aromatic nitrogens is 1. The van der Waals surface area contributed by atoms with E-state index in [9.17, 15) is 4.79 Å². The van der Waals surface area contributed by atoms with Gasteiger partial charge in [0.1, 0.15) is 6.29 Å². The summed E-state index contributed by atoms with van der Waals surface area (Å²) in [5.74, 6) is 0. The second-order valence-corrected chi connectivity index (χ2v) is 4.61. The van der Waals surface area contributed by atoms with Gasteiger partial charge >= 0.3 is 0 Å². The van der Waals surface area contributed by atoms with Gasteiger partial charge in [0.05, 0.1) is 17.1 Å². The third kappa shape index (κ3) is 4.75. The van der Waals surface area contributed by atoms with Crippen LogP contribution in [0.15, 0.2) is 40.7 Å². The van der Waals surface area contributed by atoms with Crippen molar-refractivity contribution in [1.29, 1.82) is 0 Å². The van der Waals surface area contributed by atoms with E-state index in [0.717, 1.165) is 29.8 Å². The van der Waals surface area contributed by atoms with Gasteiger partial charge in [-0.05, 0) is 39.6 Å². The van der Waals surface area contributed by atoms with Crippen LogP contribution in [0.4, 0.5) is 0 Å². The second-order valence-electron chi connectivity index (χ2n) is 4.61. The fourth-order valence-electron chi connectivity index (χ4n) is 1.63. The topological polar surface area (TPSA) is 45.6 Å². The molecule has 4 nitrogen and oxygen atoms in total. The lowest BCUT2D eigenvalue weighted by Crippen LogP contribution is -2.17. The molecule has 0 unspecified atom stereocenters. The molecule has 102 valence electrons. The van der Waals surface area contributed by atoms with E-state index in [-0.39, 0.29) is 0 Å². The van der Waals surface area contributed by atoms with E-state index < -0.39 is 0 Å². The van der Waals surface area contributed by atoms with Gasteiger partial charge in [0.2, 0.25) is 0 Å². The van der Waals surface area contributed by atoms with Gasteiger partial charge in [0.25, 0.3) is 0 Å². The Labute approximate surface area is 114 Å². The van der Waals surface area contributed by atoms with Crippen LogP contribution in [0.5, 0.6) is 0 Å². The van der Waals surface area contributed by atoms with Crippen LogP contribution in [0.3, 0.4) is 0 Å². The molecular formula is C15H21N3O. The molecule has 19 heavy (non-hydrogen) atoms.